The zero-order valence-electron chi connectivity index (χ0n) is 11.0. The van der Waals surface area contributed by atoms with Gasteiger partial charge in [0, 0.05) is 6.61 Å². The summed E-state index contributed by atoms with van der Waals surface area (Å²) in [6, 6.07) is 5.50. The van der Waals surface area contributed by atoms with Crippen LogP contribution in [0.3, 0.4) is 0 Å². The molecule has 0 saturated heterocycles. The number of nitrogens with two attached hydrogens (primary N) is 1. The van der Waals surface area contributed by atoms with Crippen LogP contribution in [0.4, 0.5) is 0 Å². The molecule has 0 radical (unpaired) electrons. The minimum absolute atomic E-state index is 0.446. The molecule has 0 unspecified atom stereocenters. The Labute approximate surface area is 108 Å². The maximum atomic E-state index is 5.62. The van der Waals surface area contributed by atoms with E-state index < -0.39 is 0 Å². The van der Waals surface area contributed by atoms with E-state index >= 15 is 0 Å². The summed E-state index contributed by atoms with van der Waals surface area (Å²) in [6.07, 6.45) is 0.859. The molecule has 0 fully saturated rings. The van der Waals surface area contributed by atoms with Crippen LogP contribution >= 0.6 is 0 Å². The van der Waals surface area contributed by atoms with Crippen molar-refractivity contribution in [2.45, 2.75) is 6.42 Å². The molecule has 1 aromatic carbocycles. The van der Waals surface area contributed by atoms with Crippen molar-refractivity contribution >= 4 is 0 Å². The van der Waals surface area contributed by atoms with Gasteiger partial charge >= 0.3 is 0 Å². The smallest absolute Gasteiger partial charge is 0.203 e. The van der Waals surface area contributed by atoms with Crippen LogP contribution in [0, 0.1) is 0 Å². The number of methoxy groups -OCH3 is 2. The van der Waals surface area contributed by atoms with E-state index in [1.165, 1.54) is 0 Å². The number of hydrogen-bond donors (Lipinski definition) is 1. The first-order chi connectivity index (χ1) is 8.83. The third-order valence-electron chi connectivity index (χ3n) is 2.35. The molecule has 0 amide bonds. The van der Waals surface area contributed by atoms with Crippen molar-refractivity contribution < 1.29 is 18.9 Å². The van der Waals surface area contributed by atoms with Gasteiger partial charge in [-0.1, -0.05) is 6.07 Å². The minimum Gasteiger partial charge on any atom is -0.493 e. The minimum atomic E-state index is 0.446. The highest BCUT2D eigenvalue weighted by molar-refractivity contribution is 5.51. The van der Waals surface area contributed by atoms with Crippen molar-refractivity contribution in [3.05, 3.63) is 18.2 Å². The maximum absolute atomic E-state index is 5.62. The van der Waals surface area contributed by atoms with Gasteiger partial charge in [-0.25, -0.2) is 0 Å². The van der Waals surface area contributed by atoms with E-state index in [-0.39, 0.29) is 0 Å². The number of rotatable bonds is 9. The molecule has 1 rings (SSSR count). The fraction of sp³-hybridized carbons (Fsp3) is 0.538. The van der Waals surface area contributed by atoms with Crippen LogP contribution in [-0.2, 0) is 4.74 Å². The lowest BCUT2D eigenvalue weighted by atomic mass is 10.3. The Bertz CT molecular complexity index is 322. The van der Waals surface area contributed by atoms with Crippen LogP contribution in [0.25, 0.3) is 0 Å². The normalized spacial score (nSPS) is 10.2. The molecule has 0 aliphatic heterocycles. The van der Waals surface area contributed by atoms with Crippen LogP contribution in [-0.4, -0.2) is 40.6 Å². The van der Waals surface area contributed by atoms with Gasteiger partial charge in [0.2, 0.25) is 5.75 Å². The van der Waals surface area contributed by atoms with Crippen LogP contribution in [0.15, 0.2) is 18.2 Å². The summed E-state index contributed by atoms with van der Waals surface area (Å²) in [4.78, 5) is 0. The summed E-state index contributed by atoms with van der Waals surface area (Å²) in [5.74, 6) is 1.90. The van der Waals surface area contributed by atoms with E-state index in [0.29, 0.717) is 43.6 Å². The SMILES string of the molecule is COc1cccc(OC)c1OCCOCCCN. The number of ether oxygens (including phenoxy) is 4. The molecule has 0 aliphatic carbocycles. The van der Waals surface area contributed by atoms with Crippen LogP contribution in [0.5, 0.6) is 17.2 Å². The summed E-state index contributed by atoms with van der Waals surface area (Å²) >= 11 is 0. The van der Waals surface area contributed by atoms with Gasteiger partial charge in [0.15, 0.2) is 11.5 Å². The lowest BCUT2D eigenvalue weighted by Crippen LogP contribution is -2.11. The predicted octanol–water partition coefficient (Wildman–Crippen LogP) is 1.45. The van der Waals surface area contributed by atoms with E-state index in [1.54, 1.807) is 14.2 Å². The van der Waals surface area contributed by atoms with E-state index in [0.717, 1.165) is 6.42 Å². The summed E-state index contributed by atoms with van der Waals surface area (Å²) < 4.78 is 21.4. The molecule has 0 aliphatic rings. The van der Waals surface area contributed by atoms with Crippen LogP contribution in [0.1, 0.15) is 6.42 Å². The molecule has 0 spiro atoms. The summed E-state index contributed by atoms with van der Waals surface area (Å²) in [6.45, 7) is 2.26. The number of hydrogen-bond acceptors (Lipinski definition) is 5. The van der Waals surface area contributed by atoms with Gasteiger partial charge in [-0.3, -0.25) is 0 Å². The highest BCUT2D eigenvalue weighted by atomic mass is 16.6. The molecule has 0 aromatic heterocycles. The van der Waals surface area contributed by atoms with Gasteiger partial charge in [0.05, 0.1) is 20.8 Å². The largest absolute Gasteiger partial charge is 0.493 e. The second-order valence-corrected chi connectivity index (χ2v) is 3.59. The zero-order valence-corrected chi connectivity index (χ0v) is 11.0. The first-order valence-electron chi connectivity index (χ1n) is 5.95. The van der Waals surface area contributed by atoms with Crippen molar-refractivity contribution in [1.29, 1.82) is 0 Å². The maximum Gasteiger partial charge on any atom is 0.203 e. The van der Waals surface area contributed by atoms with Crippen molar-refractivity contribution in [2.75, 3.05) is 40.6 Å². The highest BCUT2D eigenvalue weighted by Crippen LogP contribution is 2.36. The summed E-state index contributed by atoms with van der Waals surface area (Å²) in [5.41, 5.74) is 5.37. The first kappa shape index (κ1) is 14.6. The van der Waals surface area contributed by atoms with Gasteiger partial charge in [-0.15, -0.1) is 0 Å². The predicted molar refractivity (Wildman–Crippen MR) is 69.5 cm³/mol. The Balaban J connectivity index is 2.45. The molecule has 0 bridgehead atoms. The van der Waals surface area contributed by atoms with Crippen LogP contribution < -0.4 is 19.9 Å². The van der Waals surface area contributed by atoms with E-state index in [9.17, 15) is 0 Å². The fourth-order valence-electron chi connectivity index (χ4n) is 1.45. The molecule has 1 aromatic rings. The van der Waals surface area contributed by atoms with Crippen molar-refractivity contribution in [1.82, 2.24) is 0 Å². The first-order valence-corrected chi connectivity index (χ1v) is 5.95. The second-order valence-electron chi connectivity index (χ2n) is 3.59. The van der Waals surface area contributed by atoms with Gasteiger partial charge in [-0.05, 0) is 25.1 Å². The molecule has 18 heavy (non-hydrogen) atoms. The lowest BCUT2D eigenvalue weighted by Gasteiger charge is -2.14. The Morgan fingerprint density at radius 1 is 1.00 bits per heavy atom. The molecule has 2 N–H and O–H groups in total. The van der Waals surface area contributed by atoms with Crippen LogP contribution in [0.2, 0.25) is 0 Å². The molecular weight excluding hydrogens is 234 g/mol. The van der Waals surface area contributed by atoms with Gasteiger partial charge in [0.25, 0.3) is 0 Å². The third-order valence-corrected chi connectivity index (χ3v) is 2.35. The highest BCUT2D eigenvalue weighted by Gasteiger charge is 2.10. The number of para-hydroxylation sites is 1. The summed E-state index contributed by atoms with van der Waals surface area (Å²) in [5, 5.41) is 0. The van der Waals surface area contributed by atoms with Gasteiger partial charge < -0.3 is 24.7 Å². The summed E-state index contributed by atoms with van der Waals surface area (Å²) in [7, 11) is 3.19. The van der Waals surface area contributed by atoms with E-state index in [1.807, 2.05) is 18.2 Å². The number of benzene rings is 1. The average Bonchev–Trinajstić information content (AvgIpc) is 2.42. The average molecular weight is 255 g/mol. The second kappa shape index (κ2) is 8.60. The molecular formula is C13H21NO4. The topological polar surface area (TPSA) is 62.9 Å². The monoisotopic (exact) mass is 255 g/mol. The Morgan fingerprint density at radius 2 is 1.67 bits per heavy atom. The van der Waals surface area contributed by atoms with E-state index in [2.05, 4.69) is 0 Å². The quantitative estimate of drug-likeness (QED) is 0.677. The van der Waals surface area contributed by atoms with Gasteiger partial charge in [0.1, 0.15) is 6.61 Å². The van der Waals surface area contributed by atoms with Crippen molar-refractivity contribution in [3.63, 3.8) is 0 Å². The standard InChI is InChI=1S/C13H21NO4/c1-15-11-5-3-6-12(16-2)13(11)18-10-9-17-8-4-7-14/h3,5-6H,4,7-10,14H2,1-2H3. The van der Waals surface area contributed by atoms with Crippen molar-refractivity contribution in [2.24, 2.45) is 5.73 Å². The Morgan fingerprint density at radius 3 is 2.22 bits per heavy atom. The zero-order chi connectivity index (χ0) is 13.2. The molecule has 5 nitrogen and oxygen atoms in total. The van der Waals surface area contributed by atoms with Crippen molar-refractivity contribution in [3.8, 4) is 17.2 Å². The molecule has 5 heteroatoms. The Kier molecular flexibility index (Phi) is 6.98. The lowest BCUT2D eigenvalue weighted by molar-refractivity contribution is 0.0972. The molecule has 0 heterocycles. The Hall–Kier alpha value is -1.46. The molecule has 102 valence electrons. The molecule has 0 atom stereocenters. The third kappa shape index (κ3) is 4.43. The molecule has 0 saturated carbocycles. The fourth-order valence-corrected chi connectivity index (χ4v) is 1.45. The van der Waals surface area contributed by atoms with E-state index in [4.69, 9.17) is 24.7 Å². The van der Waals surface area contributed by atoms with Gasteiger partial charge in [-0.2, -0.15) is 0 Å².